The molecule has 0 unspecified atom stereocenters. The van der Waals surface area contributed by atoms with Crippen LogP contribution >= 0.6 is 0 Å². The summed E-state index contributed by atoms with van der Waals surface area (Å²) in [4.78, 5) is 22.6. The topological polar surface area (TPSA) is 55.4 Å². The van der Waals surface area contributed by atoms with Crippen LogP contribution < -0.4 is 10.1 Å². The van der Waals surface area contributed by atoms with Crippen LogP contribution in [0.15, 0.2) is 18.2 Å². The second kappa shape index (κ2) is 6.14. The minimum atomic E-state index is -0.569. The Kier molecular flexibility index (Phi) is 4.83. The maximum absolute atomic E-state index is 13.5. The van der Waals surface area contributed by atoms with Gasteiger partial charge in [-0.25, -0.2) is 4.39 Å². The summed E-state index contributed by atoms with van der Waals surface area (Å²) in [6, 6.07) is 3.78. The van der Waals surface area contributed by atoms with Crippen LogP contribution in [-0.4, -0.2) is 11.9 Å². The molecule has 1 N–H and O–H groups in total. The number of carbonyl (C=O) groups is 2. The Morgan fingerprint density at radius 3 is 2.61 bits per heavy atom. The second-order valence-corrected chi connectivity index (χ2v) is 4.11. The quantitative estimate of drug-likeness (QED) is 0.663. The normalized spacial score (nSPS) is 10.3. The van der Waals surface area contributed by atoms with Crippen molar-refractivity contribution in [2.24, 2.45) is 5.92 Å². The molecule has 0 aliphatic carbocycles. The predicted octanol–water partition coefficient (Wildman–Crippen LogP) is 2.74. The van der Waals surface area contributed by atoms with E-state index in [1.807, 2.05) is 0 Å². The second-order valence-electron chi connectivity index (χ2n) is 4.11. The molecule has 1 rings (SSSR count). The maximum atomic E-state index is 13.5. The highest BCUT2D eigenvalue weighted by atomic mass is 19.1. The average Bonchev–Trinajstić information content (AvgIpc) is 2.33. The number of hydrogen-bond acceptors (Lipinski definition) is 3. The first-order valence-electron chi connectivity index (χ1n) is 5.75. The van der Waals surface area contributed by atoms with Crippen LogP contribution in [-0.2, 0) is 9.59 Å². The number of anilines is 1. The van der Waals surface area contributed by atoms with Crippen LogP contribution in [0.5, 0.6) is 5.75 Å². The van der Waals surface area contributed by atoms with Crippen molar-refractivity contribution in [3.8, 4) is 5.75 Å². The number of hydrogen-bond donors (Lipinski definition) is 1. The molecule has 5 heteroatoms. The lowest BCUT2D eigenvalue weighted by Gasteiger charge is -2.10. The molecule has 0 atom stereocenters. The monoisotopic (exact) mass is 253 g/mol. The highest BCUT2D eigenvalue weighted by Crippen LogP contribution is 2.22. The van der Waals surface area contributed by atoms with Gasteiger partial charge in [0, 0.05) is 18.4 Å². The maximum Gasteiger partial charge on any atom is 0.310 e. The van der Waals surface area contributed by atoms with Gasteiger partial charge < -0.3 is 10.1 Å². The molecule has 0 aromatic heterocycles. The molecule has 1 amide bonds. The van der Waals surface area contributed by atoms with Crippen molar-refractivity contribution in [2.45, 2.75) is 27.2 Å². The van der Waals surface area contributed by atoms with Gasteiger partial charge in [0.2, 0.25) is 5.91 Å². The first kappa shape index (κ1) is 14.2. The van der Waals surface area contributed by atoms with Crippen LogP contribution in [0.2, 0.25) is 0 Å². The molecule has 0 fully saturated rings. The predicted molar refractivity (Wildman–Crippen MR) is 65.8 cm³/mol. The number of nitrogens with one attached hydrogen (secondary N) is 1. The van der Waals surface area contributed by atoms with Gasteiger partial charge in [-0.05, 0) is 12.1 Å². The third-order valence-electron chi connectivity index (χ3n) is 2.24. The number of amides is 1. The fourth-order valence-corrected chi connectivity index (χ4v) is 1.14. The molecule has 0 saturated carbocycles. The SMILES string of the molecule is CCC(=O)Oc1ccc(F)c(NC(=O)C(C)C)c1. The summed E-state index contributed by atoms with van der Waals surface area (Å²) in [6.07, 6.45) is 0.227. The summed E-state index contributed by atoms with van der Waals surface area (Å²) >= 11 is 0. The summed E-state index contributed by atoms with van der Waals surface area (Å²) in [5.41, 5.74) is 0.00935. The Morgan fingerprint density at radius 1 is 1.39 bits per heavy atom. The third-order valence-corrected chi connectivity index (χ3v) is 2.24. The van der Waals surface area contributed by atoms with E-state index in [0.29, 0.717) is 0 Å². The number of esters is 1. The lowest BCUT2D eigenvalue weighted by Crippen LogP contribution is -2.18. The summed E-state index contributed by atoms with van der Waals surface area (Å²) in [7, 11) is 0. The molecule has 0 spiro atoms. The van der Waals surface area contributed by atoms with Crippen LogP contribution in [0.25, 0.3) is 0 Å². The van der Waals surface area contributed by atoms with Crippen molar-refractivity contribution in [2.75, 3.05) is 5.32 Å². The van der Waals surface area contributed by atoms with Gasteiger partial charge in [-0.3, -0.25) is 9.59 Å². The highest BCUT2D eigenvalue weighted by Gasteiger charge is 2.12. The van der Waals surface area contributed by atoms with E-state index in [-0.39, 0.29) is 29.7 Å². The van der Waals surface area contributed by atoms with Crippen molar-refractivity contribution in [1.29, 1.82) is 0 Å². The van der Waals surface area contributed by atoms with E-state index in [1.165, 1.54) is 12.1 Å². The zero-order valence-corrected chi connectivity index (χ0v) is 10.6. The van der Waals surface area contributed by atoms with Crippen LogP contribution in [0, 0.1) is 11.7 Å². The molecule has 1 aromatic rings. The number of rotatable bonds is 4. The Morgan fingerprint density at radius 2 is 2.06 bits per heavy atom. The lowest BCUT2D eigenvalue weighted by molar-refractivity contribution is -0.134. The summed E-state index contributed by atoms with van der Waals surface area (Å²) in [5.74, 6) is -1.33. The van der Waals surface area contributed by atoms with Gasteiger partial charge in [-0.1, -0.05) is 20.8 Å². The van der Waals surface area contributed by atoms with Gasteiger partial charge in [-0.15, -0.1) is 0 Å². The standard InChI is InChI=1S/C13H16FNO3/c1-4-12(16)18-9-5-6-10(14)11(7-9)15-13(17)8(2)3/h5-8H,4H2,1-3H3,(H,15,17). The molecule has 0 bridgehead atoms. The van der Waals surface area contributed by atoms with Gasteiger partial charge in [0.1, 0.15) is 11.6 Å². The molecule has 18 heavy (non-hydrogen) atoms. The molecule has 1 aromatic carbocycles. The van der Waals surface area contributed by atoms with Gasteiger partial charge in [-0.2, -0.15) is 0 Å². The Balaban J connectivity index is 2.87. The van der Waals surface area contributed by atoms with Crippen molar-refractivity contribution < 1.29 is 18.7 Å². The number of carbonyl (C=O) groups excluding carboxylic acids is 2. The van der Waals surface area contributed by atoms with E-state index in [2.05, 4.69) is 5.32 Å². The Labute approximate surface area is 105 Å². The van der Waals surface area contributed by atoms with E-state index in [4.69, 9.17) is 4.74 Å². The zero-order chi connectivity index (χ0) is 13.7. The number of halogens is 1. The molecule has 0 radical (unpaired) electrons. The fourth-order valence-electron chi connectivity index (χ4n) is 1.14. The molecular weight excluding hydrogens is 237 g/mol. The van der Waals surface area contributed by atoms with Gasteiger partial charge >= 0.3 is 5.97 Å². The minimum Gasteiger partial charge on any atom is -0.426 e. The lowest BCUT2D eigenvalue weighted by atomic mass is 10.2. The molecule has 98 valence electrons. The van der Waals surface area contributed by atoms with Crippen LogP contribution in [0.4, 0.5) is 10.1 Å². The smallest absolute Gasteiger partial charge is 0.310 e. The number of benzene rings is 1. The molecule has 0 heterocycles. The average molecular weight is 253 g/mol. The van der Waals surface area contributed by atoms with Crippen LogP contribution in [0.1, 0.15) is 27.2 Å². The van der Waals surface area contributed by atoms with E-state index < -0.39 is 11.8 Å². The number of ether oxygens (including phenoxy) is 1. The fraction of sp³-hybridized carbons (Fsp3) is 0.385. The van der Waals surface area contributed by atoms with Crippen LogP contribution in [0.3, 0.4) is 0 Å². The van der Waals surface area contributed by atoms with Gasteiger partial charge in [0.15, 0.2) is 0 Å². The minimum absolute atomic E-state index is 0.00935. The first-order valence-corrected chi connectivity index (χ1v) is 5.75. The molecular formula is C13H16FNO3. The van der Waals surface area contributed by atoms with E-state index in [1.54, 1.807) is 20.8 Å². The first-order chi connectivity index (χ1) is 8.43. The Bertz CT molecular complexity index is 458. The summed E-state index contributed by atoms with van der Waals surface area (Å²) < 4.78 is 18.4. The van der Waals surface area contributed by atoms with Gasteiger partial charge in [0.25, 0.3) is 0 Å². The zero-order valence-electron chi connectivity index (χ0n) is 10.6. The highest BCUT2D eigenvalue weighted by molar-refractivity contribution is 5.92. The molecule has 4 nitrogen and oxygen atoms in total. The molecule has 0 aliphatic rings. The third kappa shape index (κ3) is 3.84. The van der Waals surface area contributed by atoms with Crippen molar-refractivity contribution in [1.82, 2.24) is 0 Å². The summed E-state index contributed by atoms with van der Waals surface area (Å²) in [5, 5.41) is 2.44. The summed E-state index contributed by atoms with van der Waals surface area (Å²) in [6.45, 7) is 5.07. The van der Waals surface area contributed by atoms with E-state index >= 15 is 0 Å². The molecule has 0 saturated heterocycles. The van der Waals surface area contributed by atoms with Gasteiger partial charge in [0.05, 0.1) is 5.69 Å². The van der Waals surface area contributed by atoms with Crippen molar-refractivity contribution >= 4 is 17.6 Å². The van der Waals surface area contributed by atoms with Crippen molar-refractivity contribution in [3.05, 3.63) is 24.0 Å². The Hall–Kier alpha value is -1.91. The largest absolute Gasteiger partial charge is 0.426 e. The van der Waals surface area contributed by atoms with E-state index in [9.17, 15) is 14.0 Å². The van der Waals surface area contributed by atoms with Crippen molar-refractivity contribution in [3.63, 3.8) is 0 Å². The van der Waals surface area contributed by atoms with E-state index in [0.717, 1.165) is 6.07 Å². The molecule has 0 aliphatic heterocycles.